The number of phenolic OH excluding ortho intramolecular Hbond substituents is 1. The molecule has 2 heterocycles. The van der Waals surface area contributed by atoms with E-state index in [0.717, 1.165) is 20.3 Å². The molecule has 0 saturated carbocycles. The molecule has 0 radical (unpaired) electrons. The van der Waals surface area contributed by atoms with Crippen molar-refractivity contribution in [2.24, 2.45) is 5.10 Å². The largest absolute Gasteiger partial charge is 0.507 e. The molecule has 22 heavy (non-hydrogen) atoms. The van der Waals surface area contributed by atoms with Gasteiger partial charge in [0, 0.05) is 14.9 Å². The maximum Gasteiger partial charge on any atom is 0.158 e. The number of hydrazone groups is 1. The number of benzene rings is 1. The van der Waals surface area contributed by atoms with E-state index in [4.69, 9.17) is 0 Å². The number of phenols is 1. The van der Waals surface area contributed by atoms with Crippen LogP contribution < -0.4 is 5.43 Å². The highest BCUT2D eigenvalue weighted by Gasteiger charge is 2.11. The molecular weight excluding hydrogens is 364 g/mol. The molecule has 112 valence electrons. The molecule has 0 unspecified atom stereocenters. The predicted octanol–water partition coefficient (Wildman–Crippen LogP) is 4.22. The zero-order chi connectivity index (χ0) is 15.7. The van der Waals surface area contributed by atoms with E-state index in [2.05, 4.69) is 43.3 Å². The fourth-order valence-electron chi connectivity index (χ4n) is 2.06. The van der Waals surface area contributed by atoms with Gasteiger partial charge < -0.3 is 5.11 Å². The Balaban J connectivity index is 1.91. The van der Waals surface area contributed by atoms with Crippen molar-refractivity contribution in [3.63, 3.8) is 0 Å². The second-order valence-corrected chi connectivity index (χ2v) is 6.88. The zero-order valence-corrected chi connectivity index (χ0v) is 14.4. The SMILES string of the molecule is Cc1sc2ncnc(N/N=C\c3cc(Br)ccc3O)c2c1C. The van der Waals surface area contributed by atoms with Crippen LogP contribution in [0, 0.1) is 13.8 Å². The monoisotopic (exact) mass is 376 g/mol. The molecule has 0 fully saturated rings. The van der Waals surface area contributed by atoms with Crippen LogP contribution in [0.2, 0.25) is 0 Å². The summed E-state index contributed by atoms with van der Waals surface area (Å²) in [7, 11) is 0. The van der Waals surface area contributed by atoms with Crippen LogP contribution in [-0.2, 0) is 0 Å². The van der Waals surface area contributed by atoms with E-state index in [1.165, 1.54) is 11.2 Å². The molecule has 0 saturated heterocycles. The van der Waals surface area contributed by atoms with Crippen molar-refractivity contribution in [3.05, 3.63) is 45.0 Å². The maximum atomic E-state index is 9.79. The number of fused-ring (bicyclic) bond motifs is 1. The minimum absolute atomic E-state index is 0.171. The van der Waals surface area contributed by atoms with Gasteiger partial charge in [-0.25, -0.2) is 9.97 Å². The summed E-state index contributed by atoms with van der Waals surface area (Å²) >= 11 is 5.00. The third kappa shape index (κ3) is 2.82. The van der Waals surface area contributed by atoms with Gasteiger partial charge in [-0.2, -0.15) is 5.10 Å². The number of aromatic nitrogens is 2. The van der Waals surface area contributed by atoms with E-state index in [9.17, 15) is 5.11 Å². The van der Waals surface area contributed by atoms with Crippen molar-refractivity contribution in [2.75, 3.05) is 5.43 Å². The van der Waals surface area contributed by atoms with E-state index >= 15 is 0 Å². The Bertz CT molecular complexity index is 875. The highest BCUT2D eigenvalue weighted by atomic mass is 79.9. The van der Waals surface area contributed by atoms with Crippen LogP contribution in [0.1, 0.15) is 16.0 Å². The van der Waals surface area contributed by atoms with Gasteiger partial charge in [0.05, 0.1) is 11.6 Å². The van der Waals surface area contributed by atoms with Crippen molar-refractivity contribution >= 4 is 49.5 Å². The van der Waals surface area contributed by atoms with Crippen LogP contribution in [-0.4, -0.2) is 21.3 Å². The average molecular weight is 377 g/mol. The average Bonchev–Trinajstić information content (AvgIpc) is 2.79. The first-order valence-electron chi connectivity index (χ1n) is 6.54. The van der Waals surface area contributed by atoms with Crippen molar-refractivity contribution < 1.29 is 5.11 Å². The lowest BCUT2D eigenvalue weighted by molar-refractivity contribution is 0.474. The number of hydrogen-bond donors (Lipinski definition) is 2. The second-order valence-electron chi connectivity index (χ2n) is 4.76. The van der Waals surface area contributed by atoms with Gasteiger partial charge in [-0.3, -0.25) is 5.43 Å². The molecule has 0 aliphatic rings. The molecule has 3 rings (SSSR count). The predicted molar refractivity (Wildman–Crippen MR) is 93.9 cm³/mol. The van der Waals surface area contributed by atoms with Gasteiger partial charge in [0.2, 0.25) is 0 Å². The van der Waals surface area contributed by atoms with Gasteiger partial charge in [0.15, 0.2) is 5.82 Å². The molecule has 0 amide bonds. The molecule has 0 bridgehead atoms. The number of halogens is 1. The summed E-state index contributed by atoms with van der Waals surface area (Å²) in [6.45, 7) is 4.11. The molecule has 1 aromatic carbocycles. The van der Waals surface area contributed by atoms with Gasteiger partial charge >= 0.3 is 0 Å². The van der Waals surface area contributed by atoms with Crippen molar-refractivity contribution in [1.82, 2.24) is 9.97 Å². The smallest absolute Gasteiger partial charge is 0.158 e. The molecular formula is C15H13BrN4OS. The number of nitrogens with one attached hydrogen (secondary N) is 1. The standard InChI is InChI=1S/C15H13BrN4OS/c1-8-9(2)22-15-13(8)14(17-7-18-15)20-19-6-10-5-11(16)3-4-12(10)21/h3-7,21H,1-2H3,(H,17,18,20)/b19-6-. The second kappa shape index (κ2) is 6.02. The van der Waals surface area contributed by atoms with Gasteiger partial charge in [0.1, 0.15) is 16.9 Å². The summed E-state index contributed by atoms with van der Waals surface area (Å²) in [6, 6.07) is 5.17. The Morgan fingerprint density at radius 1 is 1.32 bits per heavy atom. The van der Waals surface area contributed by atoms with Gasteiger partial charge in [-0.1, -0.05) is 15.9 Å². The normalized spacial score (nSPS) is 11.4. The van der Waals surface area contributed by atoms with E-state index in [1.54, 1.807) is 35.8 Å². The van der Waals surface area contributed by atoms with Crippen molar-refractivity contribution in [1.29, 1.82) is 0 Å². The Hall–Kier alpha value is -1.99. The van der Waals surface area contributed by atoms with Crippen molar-refractivity contribution in [3.8, 4) is 5.75 Å². The van der Waals surface area contributed by atoms with Crippen LogP contribution >= 0.6 is 27.3 Å². The number of thiophene rings is 1. The highest BCUT2D eigenvalue weighted by Crippen LogP contribution is 2.32. The van der Waals surface area contributed by atoms with Crippen molar-refractivity contribution in [2.45, 2.75) is 13.8 Å². The van der Waals surface area contributed by atoms with Gasteiger partial charge in [-0.15, -0.1) is 11.3 Å². The number of aromatic hydroxyl groups is 1. The molecule has 2 N–H and O–H groups in total. The van der Waals surface area contributed by atoms with Crippen LogP contribution in [0.15, 0.2) is 34.1 Å². The van der Waals surface area contributed by atoms with E-state index < -0.39 is 0 Å². The molecule has 2 aromatic heterocycles. The minimum atomic E-state index is 0.171. The summed E-state index contributed by atoms with van der Waals surface area (Å²) in [6.07, 6.45) is 3.08. The van der Waals surface area contributed by atoms with Gasteiger partial charge in [0.25, 0.3) is 0 Å². The Kier molecular flexibility index (Phi) is 4.08. The summed E-state index contributed by atoms with van der Waals surface area (Å²) in [5.74, 6) is 0.835. The lowest BCUT2D eigenvalue weighted by Crippen LogP contribution is -1.95. The van der Waals surface area contributed by atoms with Crippen LogP contribution in [0.5, 0.6) is 5.75 Å². The summed E-state index contributed by atoms with van der Waals surface area (Å²) in [5.41, 5.74) is 4.71. The number of aryl methyl sites for hydroxylation is 2. The Labute approximate surface area is 139 Å². The fraction of sp³-hybridized carbons (Fsp3) is 0.133. The first-order valence-corrected chi connectivity index (χ1v) is 8.15. The number of rotatable bonds is 3. The summed E-state index contributed by atoms with van der Waals surface area (Å²) in [5, 5.41) is 14.9. The van der Waals surface area contributed by atoms with E-state index in [0.29, 0.717) is 11.4 Å². The highest BCUT2D eigenvalue weighted by molar-refractivity contribution is 9.10. The molecule has 0 aliphatic heterocycles. The molecule has 3 aromatic rings. The lowest BCUT2D eigenvalue weighted by Gasteiger charge is -2.03. The molecule has 5 nitrogen and oxygen atoms in total. The molecule has 0 spiro atoms. The summed E-state index contributed by atoms with van der Waals surface area (Å²) in [4.78, 5) is 10.7. The summed E-state index contributed by atoms with van der Waals surface area (Å²) < 4.78 is 0.875. The quantitative estimate of drug-likeness (QED) is 0.530. The van der Waals surface area contributed by atoms with Crippen LogP contribution in [0.25, 0.3) is 10.2 Å². The number of nitrogens with zero attached hydrogens (tertiary/aromatic N) is 3. The van der Waals surface area contributed by atoms with Crippen LogP contribution in [0.3, 0.4) is 0 Å². The third-order valence-corrected chi connectivity index (χ3v) is 4.94. The van der Waals surface area contributed by atoms with E-state index in [1.807, 2.05) is 6.92 Å². The fourth-order valence-corrected chi connectivity index (χ4v) is 3.43. The van der Waals surface area contributed by atoms with E-state index in [-0.39, 0.29) is 5.75 Å². The minimum Gasteiger partial charge on any atom is -0.507 e. The Morgan fingerprint density at radius 3 is 2.95 bits per heavy atom. The topological polar surface area (TPSA) is 70.4 Å². The van der Waals surface area contributed by atoms with Crippen LogP contribution in [0.4, 0.5) is 5.82 Å². The first-order chi connectivity index (χ1) is 10.6. The molecule has 0 aliphatic carbocycles. The maximum absolute atomic E-state index is 9.79. The zero-order valence-electron chi connectivity index (χ0n) is 12.0. The first kappa shape index (κ1) is 14.9. The molecule has 7 heteroatoms. The number of hydrogen-bond acceptors (Lipinski definition) is 6. The molecule has 0 atom stereocenters. The lowest BCUT2D eigenvalue weighted by atomic mass is 10.2. The number of anilines is 1. The van der Waals surface area contributed by atoms with Gasteiger partial charge in [-0.05, 0) is 37.6 Å². The third-order valence-electron chi connectivity index (χ3n) is 3.33. The Morgan fingerprint density at radius 2 is 2.14 bits per heavy atom.